The molecule has 0 atom stereocenters. The fourth-order valence-corrected chi connectivity index (χ4v) is 1.73. The highest BCUT2D eigenvalue weighted by molar-refractivity contribution is 7.90. The van der Waals surface area contributed by atoms with Crippen molar-refractivity contribution in [2.24, 2.45) is 0 Å². The van der Waals surface area contributed by atoms with Crippen LogP contribution in [0, 0.1) is 0 Å². The van der Waals surface area contributed by atoms with Gasteiger partial charge in [0.05, 0.1) is 12.9 Å². The van der Waals surface area contributed by atoms with Crippen LogP contribution in [0.25, 0.3) is 0 Å². The van der Waals surface area contributed by atoms with Crippen LogP contribution in [0.2, 0.25) is 0 Å². The van der Waals surface area contributed by atoms with E-state index in [1.54, 1.807) is 0 Å². The van der Waals surface area contributed by atoms with Crippen LogP contribution < -0.4 is 0 Å². The predicted octanol–water partition coefficient (Wildman–Crippen LogP) is -0.501. The van der Waals surface area contributed by atoms with Gasteiger partial charge in [0.1, 0.15) is 16.2 Å². The number of hydrogen-bond acceptors (Lipinski definition) is 6. The zero-order chi connectivity index (χ0) is 12.2. The number of methoxy groups -OCH3 is 1. The molecule has 0 spiro atoms. The molecule has 0 N–H and O–H groups in total. The number of hydrogen-bond donors (Lipinski definition) is 0. The molecule has 0 amide bonds. The van der Waals surface area contributed by atoms with Crippen molar-refractivity contribution in [1.29, 1.82) is 0 Å². The average Bonchev–Trinajstić information content (AvgIpc) is 2.63. The highest BCUT2D eigenvalue weighted by Gasteiger charge is 2.11. The van der Waals surface area contributed by atoms with Crippen LogP contribution in [-0.2, 0) is 21.1 Å². The number of nitrogens with zero attached hydrogens (tertiary/aromatic N) is 3. The smallest absolute Gasteiger partial charge is 0.377 e. The molecule has 90 valence electrons. The Hall–Kier alpha value is -1.44. The van der Waals surface area contributed by atoms with Crippen LogP contribution in [0.5, 0.6) is 0 Å². The maximum atomic E-state index is 11.0. The van der Waals surface area contributed by atoms with E-state index in [-0.39, 0.29) is 11.6 Å². The number of rotatable bonds is 5. The van der Waals surface area contributed by atoms with Crippen molar-refractivity contribution in [1.82, 2.24) is 14.8 Å². The Labute approximate surface area is 93.3 Å². The van der Waals surface area contributed by atoms with E-state index < -0.39 is 15.8 Å². The van der Waals surface area contributed by atoms with E-state index in [9.17, 15) is 13.2 Å². The van der Waals surface area contributed by atoms with Gasteiger partial charge in [-0.15, -0.1) is 5.10 Å². The normalized spacial score (nSPS) is 11.4. The summed E-state index contributed by atoms with van der Waals surface area (Å²) < 4.78 is 27.6. The van der Waals surface area contributed by atoms with Gasteiger partial charge in [-0.05, 0) is 6.42 Å². The van der Waals surface area contributed by atoms with E-state index in [1.807, 2.05) is 0 Å². The van der Waals surface area contributed by atoms with Gasteiger partial charge in [0.15, 0.2) is 0 Å². The van der Waals surface area contributed by atoms with Crippen LogP contribution in [-0.4, -0.2) is 48.3 Å². The first-order chi connectivity index (χ1) is 7.42. The highest BCUT2D eigenvalue weighted by atomic mass is 32.2. The van der Waals surface area contributed by atoms with Gasteiger partial charge in [0.25, 0.3) is 5.82 Å². The molecule has 0 aliphatic rings. The van der Waals surface area contributed by atoms with E-state index in [0.717, 1.165) is 0 Å². The van der Waals surface area contributed by atoms with E-state index in [1.165, 1.54) is 24.4 Å². The first-order valence-corrected chi connectivity index (χ1v) is 6.64. The van der Waals surface area contributed by atoms with Crippen LogP contribution in [0.1, 0.15) is 17.0 Å². The van der Waals surface area contributed by atoms with Crippen molar-refractivity contribution in [2.75, 3.05) is 19.1 Å². The number of carbonyl (C=O) groups is 1. The van der Waals surface area contributed by atoms with Crippen molar-refractivity contribution in [3.63, 3.8) is 0 Å². The first-order valence-electron chi connectivity index (χ1n) is 4.58. The summed E-state index contributed by atoms with van der Waals surface area (Å²) in [7, 11) is -1.72. The summed E-state index contributed by atoms with van der Waals surface area (Å²) in [6, 6.07) is 0. The zero-order valence-corrected chi connectivity index (χ0v) is 9.90. The van der Waals surface area contributed by atoms with Gasteiger partial charge in [-0.2, -0.15) is 0 Å². The lowest BCUT2D eigenvalue weighted by molar-refractivity contribution is 0.0586. The largest absolute Gasteiger partial charge is 0.463 e. The molecule has 1 heterocycles. The topological polar surface area (TPSA) is 91.1 Å². The summed E-state index contributed by atoms with van der Waals surface area (Å²) in [4.78, 5) is 14.7. The lowest BCUT2D eigenvalue weighted by atomic mass is 10.5. The standard InChI is InChI=1S/C8H13N3O4S/c1-15-8(12)7-9-6-11(10-7)4-3-5-16(2,13)14/h6H,3-5H2,1-2H3. The number of ether oxygens (including phenoxy) is 1. The maximum absolute atomic E-state index is 11.0. The first kappa shape index (κ1) is 12.6. The Kier molecular flexibility index (Phi) is 3.99. The minimum atomic E-state index is -2.96. The monoisotopic (exact) mass is 247 g/mol. The summed E-state index contributed by atoms with van der Waals surface area (Å²) in [6.45, 7) is 0.400. The van der Waals surface area contributed by atoms with Crippen molar-refractivity contribution in [2.45, 2.75) is 13.0 Å². The third-order valence-electron chi connectivity index (χ3n) is 1.81. The Bertz CT molecular complexity index is 465. The van der Waals surface area contributed by atoms with Gasteiger partial charge in [-0.25, -0.2) is 18.2 Å². The number of aryl methyl sites for hydroxylation is 1. The second kappa shape index (κ2) is 5.06. The Morgan fingerprint density at radius 1 is 1.56 bits per heavy atom. The Balaban J connectivity index is 2.50. The molecule has 0 saturated heterocycles. The van der Waals surface area contributed by atoms with Gasteiger partial charge in [0, 0.05) is 12.8 Å². The molecule has 16 heavy (non-hydrogen) atoms. The number of sulfone groups is 1. The minimum Gasteiger partial charge on any atom is -0.463 e. The zero-order valence-electron chi connectivity index (χ0n) is 9.08. The van der Waals surface area contributed by atoms with Crippen molar-refractivity contribution >= 4 is 15.8 Å². The van der Waals surface area contributed by atoms with E-state index >= 15 is 0 Å². The minimum absolute atomic E-state index is 0.0261. The second-order valence-electron chi connectivity index (χ2n) is 3.31. The molecule has 0 aliphatic heterocycles. The quantitative estimate of drug-likeness (QED) is 0.651. The van der Waals surface area contributed by atoms with E-state index in [0.29, 0.717) is 13.0 Å². The molecule has 8 heteroatoms. The highest BCUT2D eigenvalue weighted by Crippen LogP contribution is 1.96. The molecule has 0 aliphatic carbocycles. The SMILES string of the molecule is COC(=O)c1ncn(CCCS(C)(=O)=O)n1. The molecule has 0 fully saturated rings. The molecule has 0 radical (unpaired) electrons. The van der Waals surface area contributed by atoms with Crippen LogP contribution in [0.4, 0.5) is 0 Å². The number of esters is 1. The van der Waals surface area contributed by atoms with Crippen molar-refractivity contribution < 1.29 is 17.9 Å². The van der Waals surface area contributed by atoms with Gasteiger partial charge in [0.2, 0.25) is 0 Å². The molecule has 0 bridgehead atoms. The lowest BCUT2D eigenvalue weighted by Crippen LogP contribution is -2.09. The van der Waals surface area contributed by atoms with Crippen molar-refractivity contribution in [3.05, 3.63) is 12.2 Å². The molecule has 1 aromatic rings. The number of aromatic nitrogens is 3. The van der Waals surface area contributed by atoms with Crippen LogP contribution in [0.3, 0.4) is 0 Å². The molecule has 1 aromatic heterocycles. The fourth-order valence-electron chi connectivity index (χ4n) is 1.08. The van der Waals surface area contributed by atoms with Crippen LogP contribution in [0.15, 0.2) is 6.33 Å². The Morgan fingerprint density at radius 2 is 2.25 bits per heavy atom. The molecule has 1 rings (SSSR count). The summed E-state index contributed by atoms with van der Waals surface area (Å²) in [5.74, 6) is -0.552. The summed E-state index contributed by atoms with van der Waals surface area (Å²) in [5.41, 5.74) is 0. The van der Waals surface area contributed by atoms with E-state index in [4.69, 9.17) is 0 Å². The molecular weight excluding hydrogens is 234 g/mol. The molecular formula is C8H13N3O4S. The molecule has 0 aromatic carbocycles. The summed E-state index contributed by atoms with van der Waals surface area (Å²) >= 11 is 0. The molecule has 0 unspecified atom stereocenters. The molecule has 0 saturated carbocycles. The summed E-state index contributed by atoms with van der Waals surface area (Å²) in [6.07, 6.45) is 2.98. The second-order valence-corrected chi connectivity index (χ2v) is 5.57. The van der Waals surface area contributed by atoms with Gasteiger partial charge >= 0.3 is 5.97 Å². The van der Waals surface area contributed by atoms with Crippen molar-refractivity contribution in [3.8, 4) is 0 Å². The van der Waals surface area contributed by atoms with Gasteiger partial charge < -0.3 is 4.74 Å². The maximum Gasteiger partial charge on any atom is 0.377 e. The third kappa shape index (κ3) is 3.97. The van der Waals surface area contributed by atoms with E-state index in [2.05, 4.69) is 14.8 Å². The lowest BCUT2D eigenvalue weighted by Gasteiger charge is -1.98. The summed E-state index contributed by atoms with van der Waals surface area (Å²) in [5, 5.41) is 3.84. The molecule has 7 nitrogen and oxygen atoms in total. The van der Waals surface area contributed by atoms with Gasteiger partial charge in [-0.3, -0.25) is 4.68 Å². The predicted molar refractivity (Wildman–Crippen MR) is 55.7 cm³/mol. The third-order valence-corrected chi connectivity index (χ3v) is 2.84. The average molecular weight is 247 g/mol. The number of carbonyl (C=O) groups excluding carboxylic acids is 1. The van der Waals surface area contributed by atoms with Gasteiger partial charge in [-0.1, -0.05) is 0 Å². The fraction of sp³-hybridized carbons (Fsp3) is 0.625. The Morgan fingerprint density at radius 3 is 2.81 bits per heavy atom. The van der Waals surface area contributed by atoms with Crippen LogP contribution >= 0.6 is 0 Å².